The summed E-state index contributed by atoms with van der Waals surface area (Å²) in [4.78, 5) is 32.5. The van der Waals surface area contributed by atoms with Crippen molar-refractivity contribution in [3.05, 3.63) is 36.5 Å². The van der Waals surface area contributed by atoms with Crippen LogP contribution in [-0.4, -0.2) is 65.5 Å². The molecule has 0 radical (unpaired) electrons. The van der Waals surface area contributed by atoms with E-state index in [9.17, 15) is 9.59 Å². The molecule has 218 valence electrons. The first-order chi connectivity index (χ1) is 20.1. The predicted molar refractivity (Wildman–Crippen MR) is 160 cm³/mol. The van der Waals surface area contributed by atoms with Gasteiger partial charge >= 0.3 is 6.09 Å². The van der Waals surface area contributed by atoms with Crippen molar-refractivity contribution >= 4 is 45.9 Å². The highest BCUT2D eigenvalue weighted by Crippen LogP contribution is 2.33. The molecule has 3 aliphatic rings. The maximum Gasteiger partial charge on any atom is 0.407 e. The molecule has 11 nitrogen and oxygen atoms in total. The highest BCUT2D eigenvalue weighted by Gasteiger charge is 2.30. The lowest BCUT2D eigenvalue weighted by Crippen LogP contribution is -2.40. The molecule has 1 aliphatic heterocycles. The normalized spacial score (nSPS) is 19.3. The van der Waals surface area contributed by atoms with Gasteiger partial charge in [-0.2, -0.15) is 5.10 Å². The Labute approximate surface area is 240 Å². The number of amides is 2. The molecule has 0 unspecified atom stereocenters. The van der Waals surface area contributed by atoms with Crippen LogP contribution in [0.15, 0.2) is 36.5 Å². The molecule has 3 aromatic rings. The number of pyridine rings is 1. The fourth-order valence-corrected chi connectivity index (χ4v) is 5.82. The number of aromatic amines is 1. The minimum absolute atomic E-state index is 0.0271. The van der Waals surface area contributed by atoms with Crippen molar-refractivity contribution < 1.29 is 14.3 Å². The molecule has 2 aromatic heterocycles. The van der Waals surface area contributed by atoms with Gasteiger partial charge in [0.15, 0.2) is 5.82 Å². The zero-order valence-corrected chi connectivity index (χ0v) is 23.5. The van der Waals surface area contributed by atoms with Gasteiger partial charge in [0.05, 0.1) is 30.0 Å². The molecule has 1 aromatic carbocycles. The molecular weight excluding hydrogens is 520 g/mol. The maximum atomic E-state index is 12.8. The molecule has 1 saturated heterocycles. The van der Waals surface area contributed by atoms with Crippen molar-refractivity contribution in [2.75, 3.05) is 41.8 Å². The molecule has 2 aliphatic carbocycles. The summed E-state index contributed by atoms with van der Waals surface area (Å²) in [5, 5.41) is 20.8. The van der Waals surface area contributed by atoms with Crippen LogP contribution in [0.25, 0.3) is 10.9 Å². The number of aromatic nitrogens is 3. The third kappa shape index (κ3) is 7.27. The molecule has 2 amide bonds. The Balaban J connectivity index is 1.16. The highest BCUT2D eigenvalue weighted by atomic mass is 16.5. The van der Waals surface area contributed by atoms with E-state index in [1.807, 2.05) is 30.3 Å². The molecule has 3 heterocycles. The van der Waals surface area contributed by atoms with Crippen LogP contribution < -0.4 is 26.2 Å². The number of nitrogens with one attached hydrogen (secondary N) is 5. The second-order valence-corrected chi connectivity index (χ2v) is 11.6. The minimum Gasteiger partial charge on any atom is -0.447 e. The molecule has 3 fully saturated rings. The van der Waals surface area contributed by atoms with E-state index >= 15 is 0 Å². The average Bonchev–Trinajstić information content (AvgIpc) is 3.47. The van der Waals surface area contributed by atoms with Gasteiger partial charge < -0.3 is 30.9 Å². The number of H-pyrrole nitrogens is 1. The van der Waals surface area contributed by atoms with Crippen molar-refractivity contribution in [1.82, 2.24) is 25.8 Å². The molecule has 0 spiro atoms. The Morgan fingerprint density at radius 3 is 2.76 bits per heavy atom. The Morgan fingerprint density at radius 1 is 1.02 bits per heavy atom. The van der Waals surface area contributed by atoms with Crippen LogP contribution >= 0.6 is 0 Å². The van der Waals surface area contributed by atoms with Gasteiger partial charge in [0.1, 0.15) is 12.4 Å². The summed E-state index contributed by atoms with van der Waals surface area (Å²) in [6.45, 7) is 2.16. The molecule has 11 heteroatoms. The molecule has 41 heavy (non-hydrogen) atoms. The first-order valence-electron chi connectivity index (χ1n) is 15.0. The van der Waals surface area contributed by atoms with Gasteiger partial charge in [-0.1, -0.05) is 19.3 Å². The van der Waals surface area contributed by atoms with Gasteiger partial charge in [0.2, 0.25) is 5.91 Å². The lowest BCUT2D eigenvalue weighted by Gasteiger charge is -2.28. The van der Waals surface area contributed by atoms with Crippen molar-refractivity contribution in [2.45, 2.75) is 69.9 Å². The SMILES string of the molecule is O=C(CNCC1CC1)Nc1ccc(Nc2ccc3[nH]ncc3c2)nc1N1CCC[C@H]1COC(=O)NC1CCCCC1. The van der Waals surface area contributed by atoms with E-state index in [1.54, 1.807) is 6.20 Å². The summed E-state index contributed by atoms with van der Waals surface area (Å²) in [7, 11) is 0. The van der Waals surface area contributed by atoms with Crippen LogP contribution in [0.3, 0.4) is 0 Å². The topological polar surface area (TPSA) is 136 Å². The predicted octanol–water partition coefficient (Wildman–Crippen LogP) is 4.67. The number of hydrogen-bond acceptors (Lipinski definition) is 8. The summed E-state index contributed by atoms with van der Waals surface area (Å²) >= 11 is 0. The Hall–Kier alpha value is -3.86. The maximum absolute atomic E-state index is 12.8. The number of rotatable bonds is 11. The number of carbonyl (C=O) groups is 2. The van der Waals surface area contributed by atoms with Crippen molar-refractivity contribution in [2.24, 2.45) is 5.92 Å². The molecular formula is C30H40N8O3. The highest BCUT2D eigenvalue weighted by molar-refractivity contribution is 5.95. The van der Waals surface area contributed by atoms with Gasteiger partial charge in [-0.15, -0.1) is 0 Å². The minimum atomic E-state index is -0.350. The van der Waals surface area contributed by atoms with Crippen molar-refractivity contribution in [3.63, 3.8) is 0 Å². The first kappa shape index (κ1) is 27.3. The number of fused-ring (bicyclic) bond motifs is 1. The fraction of sp³-hybridized carbons (Fsp3) is 0.533. The zero-order valence-electron chi connectivity index (χ0n) is 23.5. The van der Waals surface area contributed by atoms with E-state index in [-0.39, 0.29) is 37.2 Å². The lowest BCUT2D eigenvalue weighted by atomic mass is 9.96. The number of anilines is 4. The lowest BCUT2D eigenvalue weighted by molar-refractivity contribution is -0.115. The van der Waals surface area contributed by atoms with Crippen LogP contribution in [0.4, 0.5) is 27.8 Å². The van der Waals surface area contributed by atoms with E-state index < -0.39 is 0 Å². The van der Waals surface area contributed by atoms with Gasteiger partial charge in [0.25, 0.3) is 0 Å². The number of benzene rings is 1. The summed E-state index contributed by atoms with van der Waals surface area (Å²) in [5.41, 5.74) is 2.50. The van der Waals surface area contributed by atoms with Crippen LogP contribution in [0.5, 0.6) is 0 Å². The summed E-state index contributed by atoms with van der Waals surface area (Å²) < 4.78 is 5.70. The van der Waals surface area contributed by atoms with E-state index in [4.69, 9.17) is 9.72 Å². The zero-order chi connectivity index (χ0) is 28.0. The van der Waals surface area contributed by atoms with Gasteiger partial charge in [0, 0.05) is 23.7 Å². The number of hydrogen-bond donors (Lipinski definition) is 5. The van der Waals surface area contributed by atoms with Crippen molar-refractivity contribution in [3.8, 4) is 0 Å². The summed E-state index contributed by atoms with van der Waals surface area (Å²) in [5.74, 6) is 1.94. The number of carbonyl (C=O) groups excluding carboxylic acids is 2. The second kappa shape index (κ2) is 12.8. The van der Waals surface area contributed by atoms with Crippen LogP contribution in [0.2, 0.25) is 0 Å². The number of alkyl carbamates (subject to hydrolysis) is 1. The molecule has 2 saturated carbocycles. The van der Waals surface area contributed by atoms with Crippen LogP contribution in [0, 0.1) is 5.92 Å². The van der Waals surface area contributed by atoms with E-state index in [2.05, 4.69) is 36.4 Å². The average molecular weight is 561 g/mol. The van der Waals surface area contributed by atoms with E-state index in [0.29, 0.717) is 23.2 Å². The number of ether oxygens (including phenoxy) is 1. The standard InChI is InChI=1S/C30H40N8O3/c39-28(18-31-16-20-8-9-20)35-26-12-13-27(33-23-10-11-25-21(15-23)17-32-37-25)36-29(26)38-14-4-7-24(38)19-41-30(40)34-22-5-2-1-3-6-22/h10-13,15,17,20,22,24,31H,1-9,14,16,18-19H2,(H,32,37)(H,33,36)(H,34,40)(H,35,39)/t24-/m0/s1. The van der Waals surface area contributed by atoms with E-state index in [1.165, 1.54) is 19.3 Å². The quantitative estimate of drug-likeness (QED) is 0.228. The Kier molecular flexibility index (Phi) is 8.50. The first-order valence-corrected chi connectivity index (χ1v) is 15.0. The fourth-order valence-electron chi connectivity index (χ4n) is 5.82. The number of nitrogens with zero attached hydrogens (tertiary/aromatic N) is 3. The summed E-state index contributed by atoms with van der Waals surface area (Å²) in [6.07, 6.45) is 11.3. The largest absolute Gasteiger partial charge is 0.447 e. The third-order valence-electron chi connectivity index (χ3n) is 8.26. The second-order valence-electron chi connectivity index (χ2n) is 11.6. The van der Waals surface area contributed by atoms with Crippen LogP contribution in [-0.2, 0) is 9.53 Å². The van der Waals surface area contributed by atoms with Gasteiger partial charge in [-0.05, 0) is 81.3 Å². The Morgan fingerprint density at radius 2 is 1.90 bits per heavy atom. The van der Waals surface area contributed by atoms with Gasteiger partial charge in [-0.25, -0.2) is 9.78 Å². The molecule has 6 rings (SSSR count). The molecule has 1 atom stereocenters. The Bertz CT molecular complexity index is 1350. The van der Waals surface area contributed by atoms with E-state index in [0.717, 1.165) is 68.2 Å². The molecule has 5 N–H and O–H groups in total. The third-order valence-corrected chi connectivity index (χ3v) is 8.26. The monoisotopic (exact) mass is 560 g/mol. The molecule has 0 bridgehead atoms. The smallest absolute Gasteiger partial charge is 0.407 e. The summed E-state index contributed by atoms with van der Waals surface area (Å²) in [6, 6.07) is 9.90. The van der Waals surface area contributed by atoms with Crippen molar-refractivity contribution in [1.29, 1.82) is 0 Å². The van der Waals surface area contributed by atoms with Gasteiger partial charge in [-0.3, -0.25) is 9.89 Å². The van der Waals surface area contributed by atoms with Crippen LogP contribution in [0.1, 0.15) is 57.8 Å².